The second-order valence-corrected chi connectivity index (χ2v) is 13.0. The zero-order chi connectivity index (χ0) is 5.49. The minimum Gasteiger partial charge on any atom is -0.168 e. The molecule has 0 atom stereocenters. The van der Waals surface area contributed by atoms with Crippen LogP contribution in [0.3, 0.4) is 0 Å². The van der Waals surface area contributed by atoms with E-state index in [1.54, 1.807) is 0 Å². The van der Waals surface area contributed by atoms with Gasteiger partial charge in [-0.05, 0) is 0 Å². The normalized spacial score (nSPS) is 29.6. The van der Waals surface area contributed by atoms with E-state index in [-0.39, 0.29) is 8.80 Å². The van der Waals surface area contributed by atoms with E-state index in [4.69, 9.17) is 11.1 Å². The molecular weight excluding hydrogens is 140 g/mol. The molecule has 0 saturated carbocycles. The van der Waals surface area contributed by atoms with Crippen molar-refractivity contribution in [2.75, 3.05) is 0 Å². The predicted octanol–water partition coefficient (Wildman–Crippen LogP) is 2.02. The minimum atomic E-state index is -0.996. The van der Waals surface area contributed by atoms with E-state index in [2.05, 4.69) is 13.1 Å². The van der Waals surface area contributed by atoms with Crippen molar-refractivity contribution in [3.63, 3.8) is 0 Å². The van der Waals surface area contributed by atoms with Gasteiger partial charge < -0.3 is 0 Å². The molecular formula is C4H10ClSi2. The quantitative estimate of drug-likeness (QED) is 0.365. The van der Waals surface area contributed by atoms with Gasteiger partial charge >= 0.3 is 0 Å². The summed E-state index contributed by atoms with van der Waals surface area (Å²) in [6, 6.07) is 0. The first-order valence-electron chi connectivity index (χ1n) is 2.60. The topological polar surface area (TPSA) is 0 Å². The lowest BCUT2D eigenvalue weighted by molar-refractivity contribution is 1.49. The molecule has 1 saturated heterocycles. The van der Waals surface area contributed by atoms with Crippen molar-refractivity contribution < 1.29 is 0 Å². The molecule has 7 heavy (non-hydrogen) atoms. The highest BCUT2D eigenvalue weighted by molar-refractivity contribution is 7.31. The van der Waals surface area contributed by atoms with E-state index in [1.807, 2.05) is 0 Å². The Morgan fingerprint density at radius 1 is 1.57 bits per heavy atom. The van der Waals surface area contributed by atoms with Gasteiger partial charge in [0, 0.05) is 8.80 Å². The maximum atomic E-state index is 6.06. The summed E-state index contributed by atoms with van der Waals surface area (Å²) in [5.41, 5.74) is 2.89. The van der Waals surface area contributed by atoms with Crippen molar-refractivity contribution >= 4 is 27.3 Å². The first-order chi connectivity index (χ1) is 3.10. The van der Waals surface area contributed by atoms with E-state index in [0.29, 0.717) is 0 Å². The average molecular weight is 150 g/mol. The molecule has 1 aliphatic rings. The summed E-state index contributed by atoms with van der Waals surface area (Å²) in [6.07, 6.45) is 0. The molecule has 0 aromatic carbocycles. The van der Waals surface area contributed by atoms with Crippen LogP contribution >= 0.6 is 11.1 Å². The van der Waals surface area contributed by atoms with Crippen LogP contribution < -0.4 is 0 Å². The molecule has 1 radical (unpaired) electrons. The maximum absolute atomic E-state index is 6.06. The van der Waals surface area contributed by atoms with Crippen LogP contribution in [0.5, 0.6) is 0 Å². The number of rotatable bonds is 0. The Bertz CT molecular complexity index is 73.8. The molecule has 1 heterocycles. The van der Waals surface area contributed by atoms with Crippen LogP contribution in [0.4, 0.5) is 0 Å². The molecule has 0 nitrogen and oxygen atoms in total. The molecule has 0 bridgehead atoms. The van der Waals surface area contributed by atoms with Crippen LogP contribution in [0.15, 0.2) is 0 Å². The number of hydrogen-bond donors (Lipinski definition) is 0. The van der Waals surface area contributed by atoms with E-state index in [9.17, 15) is 0 Å². The first-order valence-corrected chi connectivity index (χ1v) is 8.94. The Labute approximate surface area is 52.2 Å². The van der Waals surface area contributed by atoms with E-state index in [1.165, 1.54) is 11.3 Å². The maximum Gasteiger partial charge on any atom is 0.148 e. The fourth-order valence-electron chi connectivity index (χ4n) is 1.21. The fraction of sp³-hybridized carbons (Fsp3) is 1.00. The Hall–Kier alpha value is 0.724. The van der Waals surface area contributed by atoms with Crippen LogP contribution in [0.25, 0.3) is 0 Å². The lowest BCUT2D eigenvalue weighted by Crippen LogP contribution is -2.44. The highest BCUT2D eigenvalue weighted by Crippen LogP contribution is 2.34. The molecule has 0 unspecified atom stereocenters. The van der Waals surface area contributed by atoms with Crippen LogP contribution in [-0.4, -0.2) is 16.2 Å². The summed E-state index contributed by atoms with van der Waals surface area (Å²) in [6.45, 7) is 4.65. The summed E-state index contributed by atoms with van der Waals surface area (Å²) >= 11 is 6.06. The van der Waals surface area contributed by atoms with Gasteiger partial charge in [0.05, 0.1) is 0 Å². The third kappa shape index (κ3) is 1.30. The van der Waals surface area contributed by atoms with Crippen molar-refractivity contribution in [3.05, 3.63) is 0 Å². The zero-order valence-corrected chi connectivity index (χ0v) is 7.55. The standard InChI is InChI=1S/C4H10ClSi2/c1-6-3-7(2,5)4-6/h3-4H2,1-2H3. The predicted molar refractivity (Wildman–Crippen MR) is 38.7 cm³/mol. The van der Waals surface area contributed by atoms with Crippen LogP contribution in [-0.2, 0) is 0 Å². The minimum absolute atomic E-state index is 0.130. The third-order valence-corrected chi connectivity index (χ3v) is 14.5. The highest BCUT2D eigenvalue weighted by atomic mass is 35.6. The molecule has 0 amide bonds. The van der Waals surface area contributed by atoms with Crippen molar-refractivity contribution in [3.8, 4) is 0 Å². The van der Waals surface area contributed by atoms with Crippen molar-refractivity contribution in [1.29, 1.82) is 0 Å². The average Bonchev–Trinajstić information content (AvgIpc) is 1.27. The van der Waals surface area contributed by atoms with Crippen LogP contribution in [0.1, 0.15) is 0 Å². The monoisotopic (exact) mass is 149 g/mol. The fourth-order valence-corrected chi connectivity index (χ4v) is 15.0. The van der Waals surface area contributed by atoms with Crippen LogP contribution in [0.2, 0.25) is 24.4 Å². The Morgan fingerprint density at radius 2 is 2.00 bits per heavy atom. The van der Waals surface area contributed by atoms with Gasteiger partial charge in [0.15, 0.2) is 0 Å². The van der Waals surface area contributed by atoms with E-state index in [0.717, 1.165) is 0 Å². The van der Waals surface area contributed by atoms with Gasteiger partial charge in [-0.1, -0.05) is 24.4 Å². The molecule has 0 N–H and O–H groups in total. The highest BCUT2D eigenvalue weighted by Gasteiger charge is 2.38. The lowest BCUT2D eigenvalue weighted by atomic mass is 11.7. The molecule has 0 spiro atoms. The molecule has 1 aliphatic heterocycles. The summed E-state index contributed by atoms with van der Waals surface area (Å²) in [4.78, 5) is 0. The summed E-state index contributed by atoms with van der Waals surface area (Å²) in [5.74, 6) is 0. The van der Waals surface area contributed by atoms with Gasteiger partial charge in [0.25, 0.3) is 0 Å². The summed E-state index contributed by atoms with van der Waals surface area (Å²) in [7, 11) is -0.866. The SMILES string of the molecule is C[Si]1C[Si](C)(Cl)C1. The first kappa shape index (κ1) is 5.85. The van der Waals surface area contributed by atoms with Gasteiger partial charge in [-0.2, -0.15) is 11.1 Å². The summed E-state index contributed by atoms with van der Waals surface area (Å²) in [5, 5.41) is 0. The molecule has 1 fully saturated rings. The van der Waals surface area contributed by atoms with E-state index < -0.39 is 7.38 Å². The smallest absolute Gasteiger partial charge is 0.148 e. The van der Waals surface area contributed by atoms with Gasteiger partial charge in [-0.25, -0.2) is 0 Å². The van der Waals surface area contributed by atoms with Crippen molar-refractivity contribution in [2.45, 2.75) is 24.4 Å². The van der Waals surface area contributed by atoms with Crippen molar-refractivity contribution in [2.24, 2.45) is 0 Å². The van der Waals surface area contributed by atoms with Gasteiger partial charge in [0.1, 0.15) is 7.38 Å². The summed E-state index contributed by atoms with van der Waals surface area (Å²) < 4.78 is 0. The zero-order valence-electron chi connectivity index (χ0n) is 4.79. The second-order valence-electron chi connectivity index (χ2n) is 2.72. The number of halogens is 1. The lowest BCUT2D eigenvalue weighted by Gasteiger charge is -2.34. The molecule has 0 aromatic heterocycles. The van der Waals surface area contributed by atoms with Crippen LogP contribution in [0, 0.1) is 0 Å². The largest absolute Gasteiger partial charge is 0.168 e. The van der Waals surface area contributed by atoms with E-state index >= 15 is 0 Å². The number of hydrogen-bond acceptors (Lipinski definition) is 0. The molecule has 41 valence electrons. The molecule has 0 aliphatic carbocycles. The van der Waals surface area contributed by atoms with Gasteiger partial charge in [-0.15, -0.1) is 0 Å². The Morgan fingerprint density at radius 3 is 2.00 bits per heavy atom. The van der Waals surface area contributed by atoms with Gasteiger partial charge in [-0.3, -0.25) is 0 Å². The second kappa shape index (κ2) is 1.60. The molecule has 3 heteroatoms. The Kier molecular flexibility index (Phi) is 1.34. The Balaban J connectivity index is 2.29. The molecule has 0 aromatic rings. The molecule has 1 rings (SSSR count). The van der Waals surface area contributed by atoms with Crippen molar-refractivity contribution in [1.82, 2.24) is 0 Å². The van der Waals surface area contributed by atoms with Gasteiger partial charge in [0.2, 0.25) is 0 Å². The third-order valence-electron chi connectivity index (χ3n) is 1.34.